The molecular weight excluding hydrogens is 266 g/mol. The highest BCUT2D eigenvalue weighted by Crippen LogP contribution is 2.03. The zero-order valence-electron chi connectivity index (χ0n) is 9.89. The Labute approximate surface area is 106 Å². The van der Waals surface area contributed by atoms with Crippen LogP contribution in [0.5, 0.6) is 0 Å². The fourth-order valence-electron chi connectivity index (χ4n) is 0.990. The largest absolute Gasteiger partial charge is 0.449 e. The number of nitrogens with two attached hydrogens (primary N) is 1. The van der Waals surface area contributed by atoms with Crippen LogP contribution in [0.3, 0.4) is 0 Å². The van der Waals surface area contributed by atoms with E-state index < -0.39 is 22.3 Å². The van der Waals surface area contributed by atoms with Gasteiger partial charge in [0.25, 0.3) is 0 Å². The Bertz CT molecular complexity index is 380. The third kappa shape index (κ3) is 6.39. The van der Waals surface area contributed by atoms with Crippen molar-refractivity contribution in [1.82, 2.24) is 9.44 Å². The zero-order valence-corrected chi connectivity index (χ0v) is 11.5. The molecule has 0 heterocycles. The lowest BCUT2D eigenvalue weighted by atomic mass is 10.1. The summed E-state index contributed by atoms with van der Waals surface area (Å²) in [7, 11) is -4.03. The van der Waals surface area contributed by atoms with E-state index in [4.69, 9.17) is 18.0 Å². The molecular formula is C8H17N3O4S2. The van der Waals surface area contributed by atoms with E-state index in [9.17, 15) is 13.2 Å². The van der Waals surface area contributed by atoms with Crippen LogP contribution in [-0.4, -0.2) is 32.1 Å². The molecule has 0 aliphatic heterocycles. The van der Waals surface area contributed by atoms with Crippen LogP contribution in [0.4, 0.5) is 4.79 Å². The van der Waals surface area contributed by atoms with E-state index in [1.165, 1.54) is 0 Å². The maximum atomic E-state index is 11.5. The smallest absolute Gasteiger partial charge is 0.421 e. The quantitative estimate of drug-likeness (QED) is 0.586. The highest BCUT2D eigenvalue weighted by molar-refractivity contribution is 7.88. The second-order valence-corrected chi connectivity index (χ2v) is 5.49. The van der Waals surface area contributed by atoms with Gasteiger partial charge < -0.3 is 10.5 Å². The van der Waals surface area contributed by atoms with Crippen LogP contribution < -0.4 is 15.2 Å². The Balaban J connectivity index is 4.63. The van der Waals surface area contributed by atoms with E-state index in [1.807, 2.05) is 0 Å². The fourth-order valence-corrected chi connectivity index (χ4v) is 2.47. The Morgan fingerprint density at radius 2 is 2.00 bits per heavy atom. The summed E-state index contributed by atoms with van der Waals surface area (Å²) < 4.78 is 31.3. The van der Waals surface area contributed by atoms with Gasteiger partial charge in [0, 0.05) is 0 Å². The first-order chi connectivity index (χ1) is 7.69. The Morgan fingerprint density at radius 3 is 2.35 bits per heavy atom. The number of nitrogens with one attached hydrogen (secondary N) is 2. The minimum Gasteiger partial charge on any atom is -0.449 e. The normalized spacial score (nSPS) is 13.2. The number of thiocarbonyl (C=S) groups is 1. The fraction of sp³-hybridized carbons (Fsp3) is 0.750. The molecule has 100 valence electrons. The Kier molecular flexibility index (Phi) is 6.35. The van der Waals surface area contributed by atoms with Crippen LogP contribution in [0.25, 0.3) is 0 Å². The molecule has 0 aromatic rings. The molecule has 0 rings (SSSR count). The molecule has 0 aromatic carbocycles. The molecule has 1 unspecified atom stereocenters. The number of hydrogen-bond donors (Lipinski definition) is 3. The standard InChI is InChI=1S/C8H17N3O4S2/c1-4-15-8(12)11-17(13,14)10-6(5(2)3)7(9)16/h5-6,10H,4H2,1-3H3,(H2,9,16)(H,11,12). The van der Waals surface area contributed by atoms with Gasteiger partial charge in [-0.15, -0.1) is 0 Å². The van der Waals surface area contributed by atoms with Crippen molar-refractivity contribution in [2.45, 2.75) is 26.8 Å². The minimum absolute atomic E-state index is 0.00855. The van der Waals surface area contributed by atoms with Gasteiger partial charge in [-0.3, -0.25) is 0 Å². The average molecular weight is 283 g/mol. The molecule has 0 saturated heterocycles. The summed E-state index contributed by atoms with van der Waals surface area (Å²) in [5, 5.41) is 0. The van der Waals surface area contributed by atoms with Gasteiger partial charge in [-0.2, -0.15) is 13.1 Å². The van der Waals surface area contributed by atoms with E-state index in [0.717, 1.165) is 0 Å². The van der Waals surface area contributed by atoms with Crippen molar-refractivity contribution in [3.05, 3.63) is 0 Å². The van der Waals surface area contributed by atoms with Crippen LogP contribution in [0.15, 0.2) is 0 Å². The van der Waals surface area contributed by atoms with Gasteiger partial charge in [0.2, 0.25) is 0 Å². The van der Waals surface area contributed by atoms with E-state index in [1.54, 1.807) is 25.5 Å². The summed E-state index contributed by atoms with van der Waals surface area (Å²) in [6, 6.07) is -0.725. The van der Waals surface area contributed by atoms with E-state index >= 15 is 0 Å². The van der Waals surface area contributed by atoms with Gasteiger partial charge >= 0.3 is 16.3 Å². The molecule has 0 radical (unpaired) electrons. The molecule has 0 bridgehead atoms. The highest BCUT2D eigenvalue weighted by atomic mass is 32.2. The number of carbonyl (C=O) groups is 1. The summed E-state index contributed by atoms with van der Waals surface area (Å²) in [5.74, 6) is -0.133. The Morgan fingerprint density at radius 1 is 1.47 bits per heavy atom. The van der Waals surface area contributed by atoms with Gasteiger partial charge in [0.1, 0.15) is 0 Å². The van der Waals surface area contributed by atoms with Crippen LogP contribution >= 0.6 is 12.2 Å². The summed E-state index contributed by atoms with van der Waals surface area (Å²) >= 11 is 4.73. The van der Waals surface area contributed by atoms with Crippen molar-refractivity contribution >= 4 is 33.5 Å². The Hall–Kier alpha value is -0.930. The minimum atomic E-state index is -4.03. The maximum Gasteiger partial charge on any atom is 0.421 e. The molecule has 1 atom stereocenters. The second-order valence-electron chi connectivity index (χ2n) is 3.57. The van der Waals surface area contributed by atoms with Gasteiger partial charge in [-0.25, -0.2) is 9.52 Å². The molecule has 0 fully saturated rings. The molecule has 0 saturated carbocycles. The van der Waals surface area contributed by atoms with Crippen LogP contribution in [0.1, 0.15) is 20.8 Å². The molecule has 9 heteroatoms. The lowest BCUT2D eigenvalue weighted by Gasteiger charge is -2.20. The van der Waals surface area contributed by atoms with Crippen molar-refractivity contribution in [2.24, 2.45) is 11.7 Å². The lowest BCUT2D eigenvalue weighted by molar-refractivity contribution is 0.158. The van der Waals surface area contributed by atoms with Crippen LogP contribution in [0, 0.1) is 5.92 Å². The third-order valence-corrected chi connectivity index (χ3v) is 3.00. The molecule has 0 aliphatic rings. The molecule has 0 aromatic heterocycles. The van der Waals surface area contributed by atoms with E-state index in [0.29, 0.717) is 0 Å². The first kappa shape index (κ1) is 16.1. The average Bonchev–Trinajstić information content (AvgIpc) is 2.12. The lowest BCUT2D eigenvalue weighted by Crippen LogP contribution is -2.51. The van der Waals surface area contributed by atoms with Crippen molar-refractivity contribution in [3.8, 4) is 0 Å². The number of amides is 1. The first-order valence-corrected chi connectivity index (χ1v) is 6.85. The monoisotopic (exact) mass is 283 g/mol. The number of carbonyl (C=O) groups excluding carboxylic acids is 1. The van der Waals surface area contributed by atoms with E-state index in [2.05, 4.69) is 9.46 Å². The van der Waals surface area contributed by atoms with Gasteiger partial charge in [0.15, 0.2) is 0 Å². The highest BCUT2D eigenvalue weighted by Gasteiger charge is 2.24. The summed E-state index contributed by atoms with van der Waals surface area (Å²) in [6.07, 6.45) is -1.05. The number of rotatable bonds is 6. The topological polar surface area (TPSA) is 111 Å². The van der Waals surface area contributed by atoms with Crippen molar-refractivity contribution < 1.29 is 17.9 Å². The van der Waals surface area contributed by atoms with E-state index in [-0.39, 0.29) is 17.5 Å². The van der Waals surface area contributed by atoms with Crippen molar-refractivity contribution in [1.29, 1.82) is 0 Å². The molecule has 0 aliphatic carbocycles. The number of ether oxygens (including phenoxy) is 1. The van der Waals surface area contributed by atoms with Gasteiger partial charge in [0.05, 0.1) is 17.6 Å². The number of hydrogen-bond acceptors (Lipinski definition) is 5. The molecule has 7 nitrogen and oxygen atoms in total. The predicted molar refractivity (Wildman–Crippen MR) is 67.6 cm³/mol. The third-order valence-electron chi connectivity index (χ3n) is 1.75. The summed E-state index contributed by atoms with van der Waals surface area (Å²) in [4.78, 5) is 11.0. The summed E-state index contributed by atoms with van der Waals surface area (Å²) in [5.41, 5.74) is 5.39. The molecule has 1 amide bonds. The van der Waals surface area contributed by atoms with Crippen LogP contribution in [-0.2, 0) is 14.9 Å². The van der Waals surface area contributed by atoms with Crippen LogP contribution in [0.2, 0.25) is 0 Å². The van der Waals surface area contributed by atoms with Crippen molar-refractivity contribution in [3.63, 3.8) is 0 Å². The van der Waals surface area contributed by atoms with Gasteiger partial charge in [-0.1, -0.05) is 26.1 Å². The maximum absolute atomic E-state index is 11.5. The molecule has 0 spiro atoms. The first-order valence-electron chi connectivity index (χ1n) is 4.95. The SMILES string of the molecule is CCOC(=O)NS(=O)(=O)NC(C(N)=S)C(C)C. The zero-order chi connectivity index (χ0) is 13.6. The summed E-state index contributed by atoms with van der Waals surface area (Å²) in [6.45, 7) is 5.13. The molecule has 17 heavy (non-hydrogen) atoms. The second kappa shape index (κ2) is 6.72. The predicted octanol–water partition coefficient (Wildman–Crippen LogP) is -0.122. The van der Waals surface area contributed by atoms with Crippen molar-refractivity contribution in [2.75, 3.05) is 6.61 Å². The van der Waals surface area contributed by atoms with Gasteiger partial charge in [-0.05, 0) is 12.8 Å². The molecule has 4 N–H and O–H groups in total.